The third kappa shape index (κ3) is 4.96. The van der Waals surface area contributed by atoms with E-state index < -0.39 is 11.7 Å². The van der Waals surface area contributed by atoms with Crippen molar-refractivity contribution in [1.82, 2.24) is 15.0 Å². The number of benzene rings is 1. The van der Waals surface area contributed by atoms with Gasteiger partial charge >= 0.3 is 6.18 Å². The Balaban J connectivity index is 1.54. The van der Waals surface area contributed by atoms with Gasteiger partial charge in [0.15, 0.2) is 0 Å². The van der Waals surface area contributed by atoms with Crippen molar-refractivity contribution >= 4 is 24.1 Å². The first-order valence-electron chi connectivity index (χ1n) is 9.79. The van der Waals surface area contributed by atoms with E-state index in [0.717, 1.165) is 38.1 Å². The Labute approximate surface area is 171 Å². The summed E-state index contributed by atoms with van der Waals surface area (Å²) in [7, 11) is 0. The zero-order chi connectivity index (χ0) is 21.0. The highest BCUT2D eigenvalue weighted by molar-refractivity contribution is 5.80. The van der Waals surface area contributed by atoms with Crippen molar-refractivity contribution in [3.63, 3.8) is 0 Å². The Kier molecular flexibility index (Phi) is 5.98. The Morgan fingerprint density at radius 1 is 0.967 bits per heavy atom. The first kappa shape index (κ1) is 20.3. The molecule has 3 heterocycles. The summed E-state index contributed by atoms with van der Waals surface area (Å²) in [6.07, 6.45) is -0.934. The monoisotopic (exact) mass is 421 g/mol. The van der Waals surface area contributed by atoms with Crippen LogP contribution in [0.2, 0.25) is 0 Å². The smallest absolute Gasteiger partial charge is 0.378 e. The molecule has 2 aliphatic rings. The summed E-state index contributed by atoms with van der Waals surface area (Å²) in [6.45, 7) is 4.30. The van der Waals surface area contributed by atoms with Gasteiger partial charge in [-0.2, -0.15) is 33.2 Å². The molecule has 1 N–H and O–H groups in total. The molecule has 0 bridgehead atoms. The lowest BCUT2D eigenvalue weighted by atomic mass is 10.1. The van der Waals surface area contributed by atoms with Crippen molar-refractivity contribution in [2.24, 2.45) is 5.10 Å². The van der Waals surface area contributed by atoms with Crippen molar-refractivity contribution in [2.45, 2.75) is 19.0 Å². The second-order valence-corrected chi connectivity index (χ2v) is 7.05. The first-order chi connectivity index (χ1) is 14.5. The van der Waals surface area contributed by atoms with E-state index in [1.165, 1.54) is 12.3 Å². The van der Waals surface area contributed by atoms with Crippen LogP contribution in [0, 0.1) is 0 Å². The number of alkyl halides is 3. The zero-order valence-electron chi connectivity index (χ0n) is 16.3. The molecule has 0 unspecified atom stereocenters. The molecule has 2 aliphatic heterocycles. The average Bonchev–Trinajstić information content (AvgIpc) is 3.29. The molecule has 0 saturated carbocycles. The number of aromatic nitrogens is 3. The Hall–Kier alpha value is -2.95. The highest BCUT2D eigenvalue weighted by Crippen LogP contribution is 2.29. The molecule has 0 aliphatic carbocycles. The van der Waals surface area contributed by atoms with E-state index >= 15 is 0 Å². The number of hydrazone groups is 1. The summed E-state index contributed by atoms with van der Waals surface area (Å²) in [6, 6.07) is 4.94. The first-order valence-corrected chi connectivity index (χ1v) is 9.79. The van der Waals surface area contributed by atoms with Crippen molar-refractivity contribution in [2.75, 3.05) is 54.6 Å². The second kappa shape index (κ2) is 8.82. The maximum Gasteiger partial charge on any atom is 0.416 e. The van der Waals surface area contributed by atoms with E-state index in [1.807, 2.05) is 4.90 Å². The lowest BCUT2D eigenvalue weighted by Gasteiger charge is -2.27. The lowest BCUT2D eigenvalue weighted by molar-refractivity contribution is -0.137. The third-order valence-corrected chi connectivity index (χ3v) is 4.89. The number of morpholine rings is 1. The number of hydrogen-bond acceptors (Lipinski definition) is 8. The number of anilines is 3. The summed E-state index contributed by atoms with van der Waals surface area (Å²) in [5, 5.41) is 4.03. The molecule has 0 amide bonds. The Morgan fingerprint density at radius 2 is 1.63 bits per heavy atom. The SMILES string of the molecule is FC(F)(F)c1cccc(/C=N\Nc2nc(N3CCCC3)nc(N3CCOCC3)n2)c1. The maximum atomic E-state index is 12.9. The van der Waals surface area contributed by atoms with Crippen LogP contribution in [-0.2, 0) is 10.9 Å². The Bertz CT molecular complexity index is 894. The largest absolute Gasteiger partial charge is 0.416 e. The predicted molar refractivity (Wildman–Crippen MR) is 107 cm³/mol. The van der Waals surface area contributed by atoms with Crippen LogP contribution in [0.15, 0.2) is 29.4 Å². The summed E-state index contributed by atoms with van der Waals surface area (Å²) in [5.41, 5.74) is 2.33. The van der Waals surface area contributed by atoms with E-state index in [-0.39, 0.29) is 5.95 Å². The van der Waals surface area contributed by atoms with Crippen molar-refractivity contribution in [3.8, 4) is 0 Å². The van der Waals surface area contributed by atoms with Gasteiger partial charge in [0.1, 0.15) is 0 Å². The van der Waals surface area contributed by atoms with Gasteiger partial charge < -0.3 is 14.5 Å². The molecule has 0 spiro atoms. The van der Waals surface area contributed by atoms with Gasteiger partial charge in [-0.05, 0) is 30.5 Å². The minimum Gasteiger partial charge on any atom is -0.378 e. The van der Waals surface area contributed by atoms with Crippen molar-refractivity contribution < 1.29 is 17.9 Å². The zero-order valence-corrected chi connectivity index (χ0v) is 16.3. The van der Waals surface area contributed by atoms with Gasteiger partial charge in [0.25, 0.3) is 0 Å². The van der Waals surface area contributed by atoms with Crippen LogP contribution >= 0.6 is 0 Å². The van der Waals surface area contributed by atoms with Gasteiger partial charge in [0.05, 0.1) is 25.0 Å². The normalized spacial score (nSPS) is 17.7. The lowest BCUT2D eigenvalue weighted by Crippen LogP contribution is -2.38. The number of rotatable bonds is 5. The number of hydrogen-bond donors (Lipinski definition) is 1. The topological polar surface area (TPSA) is 78.8 Å². The molecule has 4 rings (SSSR count). The van der Waals surface area contributed by atoms with Crippen LogP contribution in [0.1, 0.15) is 24.0 Å². The highest BCUT2D eigenvalue weighted by Gasteiger charge is 2.30. The van der Waals surface area contributed by atoms with Gasteiger partial charge in [-0.15, -0.1) is 0 Å². The minimum atomic E-state index is -4.40. The molecule has 2 saturated heterocycles. The summed E-state index contributed by atoms with van der Waals surface area (Å²) < 4.78 is 44.0. The van der Waals surface area contributed by atoms with E-state index in [0.29, 0.717) is 43.8 Å². The fraction of sp³-hybridized carbons (Fsp3) is 0.474. The molecule has 30 heavy (non-hydrogen) atoms. The van der Waals surface area contributed by atoms with Gasteiger partial charge in [0.2, 0.25) is 17.8 Å². The molecule has 1 aromatic carbocycles. The molecule has 0 radical (unpaired) electrons. The van der Waals surface area contributed by atoms with Gasteiger partial charge in [-0.1, -0.05) is 12.1 Å². The van der Waals surface area contributed by atoms with E-state index in [9.17, 15) is 13.2 Å². The van der Waals surface area contributed by atoms with Gasteiger partial charge in [-0.3, -0.25) is 0 Å². The van der Waals surface area contributed by atoms with Crippen molar-refractivity contribution in [1.29, 1.82) is 0 Å². The fourth-order valence-corrected chi connectivity index (χ4v) is 3.33. The van der Waals surface area contributed by atoms with Crippen LogP contribution in [0.3, 0.4) is 0 Å². The highest BCUT2D eigenvalue weighted by atomic mass is 19.4. The molecule has 2 aromatic rings. The van der Waals surface area contributed by atoms with Crippen LogP contribution < -0.4 is 15.2 Å². The number of halogens is 3. The van der Waals surface area contributed by atoms with Gasteiger partial charge in [-0.25, -0.2) is 5.43 Å². The van der Waals surface area contributed by atoms with Crippen molar-refractivity contribution in [3.05, 3.63) is 35.4 Å². The average molecular weight is 421 g/mol. The molecule has 8 nitrogen and oxygen atoms in total. The number of ether oxygens (including phenoxy) is 1. The fourth-order valence-electron chi connectivity index (χ4n) is 3.33. The molecule has 11 heteroatoms. The van der Waals surface area contributed by atoms with Gasteiger partial charge in [0, 0.05) is 26.2 Å². The van der Waals surface area contributed by atoms with Crippen LogP contribution in [-0.4, -0.2) is 60.6 Å². The minimum absolute atomic E-state index is 0.247. The van der Waals surface area contributed by atoms with E-state index in [1.54, 1.807) is 6.07 Å². The molecule has 2 fully saturated rings. The summed E-state index contributed by atoms with van der Waals surface area (Å²) >= 11 is 0. The standard InChI is InChI=1S/C19H22F3N7O/c20-19(21,22)15-5-3-4-14(12-15)13-23-27-16-24-17(28-6-1-2-7-28)26-18(25-16)29-8-10-30-11-9-29/h3-5,12-13H,1-2,6-11H2,(H,24,25,26,27)/b23-13-. The maximum absolute atomic E-state index is 12.9. The second-order valence-electron chi connectivity index (χ2n) is 7.05. The number of nitrogens with one attached hydrogen (secondary N) is 1. The molecule has 0 atom stereocenters. The summed E-state index contributed by atoms with van der Waals surface area (Å²) in [5.74, 6) is 1.35. The predicted octanol–water partition coefficient (Wildman–Crippen LogP) is 2.77. The summed E-state index contributed by atoms with van der Waals surface area (Å²) in [4.78, 5) is 17.6. The molecular formula is C19H22F3N7O. The number of nitrogens with zero attached hydrogens (tertiary/aromatic N) is 6. The molecule has 160 valence electrons. The van der Waals surface area contributed by atoms with Crippen LogP contribution in [0.25, 0.3) is 0 Å². The van der Waals surface area contributed by atoms with E-state index in [2.05, 4.69) is 30.4 Å². The van der Waals surface area contributed by atoms with Crippen LogP contribution in [0.4, 0.5) is 31.0 Å². The molecular weight excluding hydrogens is 399 g/mol. The van der Waals surface area contributed by atoms with E-state index in [4.69, 9.17) is 4.74 Å². The Morgan fingerprint density at radius 3 is 2.30 bits per heavy atom. The third-order valence-electron chi connectivity index (χ3n) is 4.89. The molecule has 1 aromatic heterocycles. The quantitative estimate of drug-likeness (QED) is 0.588. The van der Waals surface area contributed by atoms with Crippen LogP contribution in [0.5, 0.6) is 0 Å².